The van der Waals surface area contributed by atoms with Crippen molar-refractivity contribution in [2.45, 2.75) is 40.5 Å². The SMILES string of the molecule is [2H]c1nc2cc(C(C)C)ccc2c(-c2cc(C)c(F)c(C)c2C)[n+]1C. The van der Waals surface area contributed by atoms with Crippen LogP contribution < -0.4 is 4.57 Å². The Hall–Kier alpha value is -2.29. The molecular weight excluding hydrogens is 299 g/mol. The number of rotatable bonds is 2. The molecule has 0 aliphatic carbocycles. The molecule has 3 aromatic rings. The van der Waals surface area contributed by atoms with Crippen molar-refractivity contribution >= 4 is 10.9 Å². The van der Waals surface area contributed by atoms with Gasteiger partial charge >= 0.3 is 0 Å². The van der Waals surface area contributed by atoms with E-state index in [1.54, 1.807) is 11.5 Å². The molecule has 0 bridgehead atoms. The Bertz CT molecular complexity index is 993. The van der Waals surface area contributed by atoms with Gasteiger partial charge in [0.1, 0.15) is 11.5 Å². The van der Waals surface area contributed by atoms with Gasteiger partial charge in [-0.15, -0.1) is 0 Å². The van der Waals surface area contributed by atoms with Crippen LogP contribution in [0.25, 0.3) is 22.2 Å². The molecule has 3 heteroatoms. The molecule has 0 aliphatic rings. The Morgan fingerprint density at radius 1 is 1.12 bits per heavy atom. The summed E-state index contributed by atoms with van der Waals surface area (Å²) in [5.41, 5.74) is 6.05. The van der Waals surface area contributed by atoms with Crippen LogP contribution in [-0.4, -0.2) is 4.98 Å². The summed E-state index contributed by atoms with van der Waals surface area (Å²) >= 11 is 0. The highest BCUT2D eigenvalue weighted by Crippen LogP contribution is 2.32. The van der Waals surface area contributed by atoms with Crippen molar-refractivity contribution in [2.75, 3.05) is 0 Å². The highest BCUT2D eigenvalue weighted by Gasteiger charge is 2.20. The summed E-state index contributed by atoms with van der Waals surface area (Å²) in [6.45, 7) is 9.81. The van der Waals surface area contributed by atoms with Gasteiger partial charge in [0, 0.05) is 5.56 Å². The minimum absolute atomic E-state index is 0.157. The molecule has 24 heavy (non-hydrogen) atoms. The Morgan fingerprint density at radius 2 is 1.83 bits per heavy atom. The van der Waals surface area contributed by atoms with E-state index in [1.807, 2.05) is 27.0 Å². The van der Waals surface area contributed by atoms with Crippen molar-refractivity contribution < 1.29 is 10.3 Å². The van der Waals surface area contributed by atoms with E-state index in [9.17, 15) is 4.39 Å². The van der Waals surface area contributed by atoms with Crippen molar-refractivity contribution in [1.82, 2.24) is 4.98 Å². The molecule has 0 amide bonds. The Kier molecular flexibility index (Phi) is 3.79. The van der Waals surface area contributed by atoms with Crippen molar-refractivity contribution in [2.24, 2.45) is 7.05 Å². The summed E-state index contributed by atoms with van der Waals surface area (Å²) in [5.74, 6) is 0.241. The first-order valence-corrected chi connectivity index (χ1v) is 8.29. The van der Waals surface area contributed by atoms with Crippen molar-refractivity contribution in [3.05, 3.63) is 58.6 Å². The number of benzene rings is 2. The first-order valence-electron chi connectivity index (χ1n) is 8.79. The number of fused-ring (bicyclic) bond motifs is 1. The zero-order valence-electron chi connectivity index (χ0n) is 16.2. The van der Waals surface area contributed by atoms with Crippen LogP contribution in [0.5, 0.6) is 0 Å². The molecule has 0 saturated carbocycles. The van der Waals surface area contributed by atoms with E-state index in [0.717, 1.165) is 27.7 Å². The van der Waals surface area contributed by atoms with Crippen LogP contribution in [0.4, 0.5) is 4.39 Å². The molecule has 2 aromatic carbocycles. The van der Waals surface area contributed by atoms with Crippen LogP contribution in [0.1, 0.15) is 43.4 Å². The molecule has 0 atom stereocenters. The number of hydrogen-bond donors (Lipinski definition) is 0. The van der Waals surface area contributed by atoms with Gasteiger partial charge in [0.2, 0.25) is 0 Å². The molecule has 124 valence electrons. The highest BCUT2D eigenvalue weighted by molar-refractivity contribution is 5.92. The van der Waals surface area contributed by atoms with Crippen LogP contribution in [0.15, 0.2) is 30.6 Å². The van der Waals surface area contributed by atoms with Crippen LogP contribution in [0.3, 0.4) is 0 Å². The lowest BCUT2D eigenvalue weighted by molar-refractivity contribution is -0.662. The first kappa shape index (κ1) is 15.3. The van der Waals surface area contributed by atoms with Gasteiger partial charge in [-0.05, 0) is 72.1 Å². The molecule has 0 fully saturated rings. The molecule has 1 aromatic heterocycles. The van der Waals surface area contributed by atoms with E-state index >= 15 is 0 Å². The van der Waals surface area contributed by atoms with E-state index in [0.29, 0.717) is 17.0 Å². The number of aromatic nitrogens is 2. The third-order valence-corrected chi connectivity index (χ3v) is 4.86. The number of aryl methyl sites for hydroxylation is 1. The van der Waals surface area contributed by atoms with Gasteiger partial charge in [0.05, 0.1) is 12.4 Å². The van der Waals surface area contributed by atoms with Crippen LogP contribution in [0.2, 0.25) is 0 Å². The van der Waals surface area contributed by atoms with Crippen molar-refractivity contribution in [3.8, 4) is 11.3 Å². The Balaban J connectivity index is 2.42. The fourth-order valence-electron chi connectivity index (χ4n) is 3.18. The summed E-state index contributed by atoms with van der Waals surface area (Å²) in [4.78, 5) is 4.45. The second-order valence-electron chi connectivity index (χ2n) is 6.86. The lowest BCUT2D eigenvalue weighted by atomic mass is 9.94. The summed E-state index contributed by atoms with van der Waals surface area (Å²) in [6, 6.07) is 8.11. The topological polar surface area (TPSA) is 16.8 Å². The largest absolute Gasteiger partial charge is 0.287 e. The summed E-state index contributed by atoms with van der Waals surface area (Å²) in [7, 11) is 1.84. The number of hydrogen-bond acceptors (Lipinski definition) is 1. The molecular formula is C21H24FN2+. The average molecular weight is 324 g/mol. The van der Waals surface area contributed by atoms with Crippen molar-refractivity contribution in [3.63, 3.8) is 0 Å². The smallest absolute Gasteiger partial charge is 0.232 e. The molecule has 3 rings (SSSR count). The first-order chi connectivity index (χ1) is 11.7. The van der Waals surface area contributed by atoms with Gasteiger partial charge in [-0.2, -0.15) is 0 Å². The molecule has 1 heterocycles. The minimum Gasteiger partial charge on any atom is -0.232 e. The molecule has 0 aliphatic heterocycles. The fourth-order valence-corrected chi connectivity index (χ4v) is 3.18. The van der Waals surface area contributed by atoms with E-state index in [2.05, 4.69) is 37.0 Å². The second-order valence-corrected chi connectivity index (χ2v) is 6.86. The monoisotopic (exact) mass is 324 g/mol. The van der Waals surface area contributed by atoms with E-state index in [-0.39, 0.29) is 12.1 Å². The number of nitrogens with zero attached hydrogens (tertiary/aromatic N) is 2. The summed E-state index contributed by atoms with van der Waals surface area (Å²) in [5, 5.41) is 0.983. The quantitative estimate of drug-likeness (QED) is 0.612. The van der Waals surface area contributed by atoms with Gasteiger partial charge < -0.3 is 0 Å². The van der Waals surface area contributed by atoms with Crippen LogP contribution in [0, 0.1) is 26.6 Å². The maximum atomic E-state index is 14.3. The normalized spacial score (nSPS) is 12.1. The minimum atomic E-state index is -0.157. The van der Waals surface area contributed by atoms with Gasteiger partial charge in [0.25, 0.3) is 6.30 Å². The second kappa shape index (κ2) is 5.97. The lowest BCUT2D eigenvalue weighted by Crippen LogP contribution is -2.32. The van der Waals surface area contributed by atoms with Gasteiger partial charge in [-0.1, -0.05) is 19.9 Å². The van der Waals surface area contributed by atoms with Gasteiger partial charge in [0.15, 0.2) is 6.89 Å². The molecule has 0 unspecified atom stereocenters. The van der Waals surface area contributed by atoms with Crippen LogP contribution in [-0.2, 0) is 7.05 Å². The summed E-state index contributed by atoms with van der Waals surface area (Å²) < 4.78 is 24.3. The van der Waals surface area contributed by atoms with Gasteiger partial charge in [-0.25, -0.2) is 8.96 Å². The maximum Gasteiger partial charge on any atom is 0.287 e. The third-order valence-electron chi connectivity index (χ3n) is 4.86. The molecule has 2 nitrogen and oxygen atoms in total. The van der Waals surface area contributed by atoms with Crippen LogP contribution >= 0.6 is 0 Å². The summed E-state index contributed by atoms with van der Waals surface area (Å²) in [6.07, 6.45) is 0.197. The average Bonchev–Trinajstić information content (AvgIpc) is 2.57. The van der Waals surface area contributed by atoms with E-state index in [1.165, 1.54) is 5.56 Å². The fraction of sp³-hybridized carbons (Fsp3) is 0.333. The zero-order chi connectivity index (χ0) is 18.5. The molecule has 0 saturated heterocycles. The zero-order valence-corrected chi connectivity index (χ0v) is 15.2. The predicted octanol–water partition coefficient (Wildman–Crippen LogP) is 4.91. The molecule has 0 N–H and O–H groups in total. The number of halogens is 1. The predicted molar refractivity (Wildman–Crippen MR) is 96.6 cm³/mol. The lowest BCUT2D eigenvalue weighted by Gasteiger charge is -2.14. The standard InChI is InChI=1S/C21H24FN2/c1-12(2)16-7-8-17-19(10-16)23-11-24(6)21(17)18-9-13(3)20(22)15(5)14(18)4/h7-12H,1-6H3/q+1/i11D. The highest BCUT2D eigenvalue weighted by atomic mass is 19.1. The molecule has 0 radical (unpaired) electrons. The Labute approximate surface area is 144 Å². The van der Waals surface area contributed by atoms with E-state index < -0.39 is 0 Å². The van der Waals surface area contributed by atoms with Gasteiger partial charge in [-0.3, -0.25) is 0 Å². The third kappa shape index (κ3) is 2.58. The van der Waals surface area contributed by atoms with E-state index in [4.69, 9.17) is 1.37 Å². The maximum absolute atomic E-state index is 14.3. The van der Waals surface area contributed by atoms with Crippen molar-refractivity contribution in [1.29, 1.82) is 0 Å². The molecule has 0 spiro atoms. The Morgan fingerprint density at radius 3 is 2.50 bits per heavy atom.